The Morgan fingerprint density at radius 1 is 0.667 bits per heavy atom. The van der Waals surface area contributed by atoms with E-state index in [1.807, 2.05) is 37.3 Å². The Labute approximate surface area is 193 Å². The summed E-state index contributed by atoms with van der Waals surface area (Å²) in [4.78, 5) is 27.0. The quantitative estimate of drug-likeness (QED) is 0.405. The fraction of sp³-hybridized carbons (Fsp3) is 0.103. The van der Waals surface area contributed by atoms with E-state index in [9.17, 15) is 14.7 Å². The van der Waals surface area contributed by atoms with Crippen LogP contribution in [0.1, 0.15) is 37.4 Å². The summed E-state index contributed by atoms with van der Waals surface area (Å²) >= 11 is 0. The van der Waals surface area contributed by atoms with Crippen molar-refractivity contribution >= 4 is 11.7 Å². The second kappa shape index (κ2) is 9.63. The molecule has 0 saturated heterocycles. The van der Waals surface area contributed by atoms with Gasteiger partial charge in [0, 0.05) is 11.1 Å². The lowest BCUT2D eigenvalue weighted by molar-refractivity contribution is 0.0320. The third-order valence-electron chi connectivity index (χ3n) is 5.76. The summed E-state index contributed by atoms with van der Waals surface area (Å²) in [5.74, 6) is -0.819. The van der Waals surface area contributed by atoms with Gasteiger partial charge in [0.05, 0.1) is 0 Å². The lowest BCUT2D eigenvalue weighted by atomic mass is 9.77. The molecule has 4 aromatic carbocycles. The first-order valence-electron chi connectivity index (χ1n) is 10.8. The van der Waals surface area contributed by atoms with E-state index in [-0.39, 0.29) is 5.78 Å². The maximum Gasteiger partial charge on any atom is 0.251 e. The molecule has 4 heteroatoms. The minimum absolute atomic E-state index is 0.383. The molecule has 1 amide bonds. The summed E-state index contributed by atoms with van der Waals surface area (Å²) in [7, 11) is 0. The van der Waals surface area contributed by atoms with Gasteiger partial charge in [0.15, 0.2) is 5.78 Å². The topological polar surface area (TPSA) is 66.4 Å². The van der Waals surface area contributed by atoms with Crippen molar-refractivity contribution in [3.63, 3.8) is 0 Å². The van der Waals surface area contributed by atoms with E-state index < -0.39 is 17.6 Å². The normalized spacial score (nSPS) is 12.1. The van der Waals surface area contributed by atoms with Gasteiger partial charge in [-0.3, -0.25) is 9.59 Å². The highest BCUT2D eigenvalue weighted by molar-refractivity contribution is 6.05. The number of hydrogen-bond acceptors (Lipinski definition) is 3. The van der Waals surface area contributed by atoms with Crippen molar-refractivity contribution in [3.8, 4) is 0 Å². The molecule has 0 radical (unpaired) electrons. The van der Waals surface area contributed by atoms with Gasteiger partial charge < -0.3 is 10.4 Å². The molecule has 4 nitrogen and oxygen atoms in total. The molecule has 2 N–H and O–H groups in total. The molecule has 0 aliphatic heterocycles. The number of rotatable bonds is 7. The van der Waals surface area contributed by atoms with Crippen LogP contribution >= 0.6 is 0 Å². The minimum Gasteiger partial charge on any atom is -0.378 e. The van der Waals surface area contributed by atoms with Crippen molar-refractivity contribution in [2.45, 2.75) is 18.6 Å². The molecule has 1 atom stereocenters. The number of nitrogens with one attached hydrogen (secondary N) is 1. The van der Waals surface area contributed by atoms with Crippen LogP contribution in [0.3, 0.4) is 0 Å². The minimum atomic E-state index is -1.80. The zero-order valence-corrected chi connectivity index (χ0v) is 18.3. The zero-order chi connectivity index (χ0) is 23.3. The van der Waals surface area contributed by atoms with E-state index in [4.69, 9.17) is 0 Å². The van der Waals surface area contributed by atoms with Crippen molar-refractivity contribution < 1.29 is 14.7 Å². The molecule has 0 spiro atoms. The highest BCUT2D eigenvalue weighted by Crippen LogP contribution is 2.35. The van der Waals surface area contributed by atoms with Gasteiger partial charge in [-0.2, -0.15) is 0 Å². The fourth-order valence-corrected chi connectivity index (χ4v) is 3.93. The fourth-order valence-electron chi connectivity index (χ4n) is 3.93. The Morgan fingerprint density at radius 3 is 1.61 bits per heavy atom. The Bertz CT molecular complexity index is 1180. The van der Waals surface area contributed by atoms with E-state index in [1.165, 1.54) is 0 Å². The van der Waals surface area contributed by atoms with E-state index in [1.54, 1.807) is 84.9 Å². The monoisotopic (exact) mass is 435 g/mol. The Hall–Kier alpha value is -4.02. The molecule has 0 fully saturated rings. The van der Waals surface area contributed by atoms with Crippen LogP contribution in [0.15, 0.2) is 115 Å². The standard InChI is InChI=1S/C29H25NO3/c1-21-17-19-23(20-18-21)28(32)30-27(26(31)22-11-5-2-6-12-22)29(33,24-13-7-3-8-14-24)25-15-9-4-10-16-25/h2-20,27,33H,1H3,(H,30,32)/t27-/m0/s1. The maximum absolute atomic E-state index is 13.8. The van der Waals surface area contributed by atoms with Crippen LogP contribution in [0.4, 0.5) is 0 Å². The number of carbonyl (C=O) groups is 2. The van der Waals surface area contributed by atoms with Gasteiger partial charge in [-0.15, -0.1) is 0 Å². The first kappa shape index (κ1) is 22.2. The molecule has 0 aliphatic rings. The predicted octanol–water partition coefficient (Wildman–Crippen LogP) is 4.91. The second-order valence-electron chi connectivity index (χ2n) is 8.00. The average Bonchev–Trinajstić information content (AvgIpc) is 2.88. The maximum atomic E-state index is 13.8. The summed E-state index contributed by atoms with van der Waals surface area (Å²) < 4.78 is 0. The van der Waals surface area contributed by atoms with Gasteiger partial charge in [0.2, 0.25) is 0 Å². The van der Waals surface area contributed by atoms with Gasteiger partial charge >= 0.3 is 0 Å². The van der Waals surface area contributed by atoms with Crippen LogP contribution in [0.25, 0.3) is 0 Å². The smallest absolute Gasteiger partial charge is 0.251 e. The lowest BCUT2D eigenvalue weighted by Gasteiger charge is -2.37. The molecule has 33 heavy (non-hydrogen) atoms. The second-order valence-corrected chi connectivity index (χ2v) is 8.00. The lowest BCUT2D eigenvalue weighted by Crippen LogP contribution is -2.55. The van der Waals surface area contributed by atoms with Crippen LogP contribution in [-0.2, 0) is 5.60 Å². The van der Waals surface area contributed by atoms with Crippen LogP contribution in [0.2, 0.25) is 0 Å². The third-order valence-corrected chi connectivity index (χ3v) is 5.76. The number of ketones is 1. The first-order chi connectivity index (χ1) is 16.0. The van der Waals surface area contributed by atoms with E-state index in [2.05, 4.69) is 5.32 Å². The molecule has 0 aliphatic carbocycles. The number of amides is 1. The van der Waals surface area contributed by atoms with E-state index in [0.29, 0.717) is 22.3 Å². The van der Waals surface area contributed by atoms with Crippen molar-refractivity contribution in [1.82, 2.24) is 5.32 Å². The third kappa shape index (κ3) is 4.61. The number of benzene rings is 4. The van der Waals surface area contributed by atoms with Crippen LogP contribution in [-0.4, -0.2) is 22.8 Å². The van der Waals surface area contributed by atoms with Crippen molar-refractivity contribution in [2.75, 3.05) is 0 Å². The zero-order valence-electron chi connectivity index (χ0n) is 18.3. The Kier molecular flexibility index (Phi) is 6.48. The van der Waals surface area contributed by atoms with Crippen LogP contribution < -0.4 is 5.32 Å². The van der Waals surface area contributed by atoms with Crippen molar-refractivity contribution in [1.29, 1.82) is 0 Å². The molecule has 4 aromatic rings. The van der Waals surface area contributed by atoms with Gasteiger partial charge in [-0.05, 0) is 30.2 Å². The van der Waals surface area contributed by atoms with Gasteiger partial charge in [0.25, 0.3) is 5.91 Å². The molecule has 0 bridgehead atoms. The summed E-state index contributed by atoms with van der Waals surface area (Å²) in [5.41, 5.74) is 1.06. The van der Waals surface area contributed by atoms with Crippen LogP contribution in [0.5, 0.6) is 0 Å². The average molecular weight is 436 g/mol. The number of Topliss-reactive ketones (excluding diaryl/α,β-unsaturated/α-hetero) is 1. The van der Waals surface area contributed by atoms with Crippen molar-refractivity contribution in [2.24, 2.45) is 0 Å². The van der Waals surface area contributed by atoms with Crippen molar-refractivity contribution in [3.05, 3.63) is 143 Å². The predicted molar refractivity (Wildman–Crippen MR) is 129 cm³/mol. The molecule has 4 rings (SSSR count). The highest BCUT2D eigenvalue weighted by Gasteiger charge is 2.45. The highest BCUT2D eigenvalue weighted by atomic mass is 16.3. The first-order valence-corrected chi connectivity index (χ1v) is 10.8. The molecule has 164 valence electrons. The summed E-state index contributed by atoms with van der Waals surface area (Å²) in [6.45, 7) is 1.94. The summed E-state index contributed by atoms with van der Waals surface area (Å²) in [6, 6.07) is 32.5. The number of carbonyl (C=O) groups excluding carboxylic acids is 2. The molecule has 0 heterocycles. The van der Waals surface area contributed by atoms with Gasteiger partial charge in [-0.25, -0.2) is 0 Å². The largest absolute Gasteiger partial charge is 0.378 e. The molecule has 0 saturated carbocycles. The number of aliphatic hydroxyl groups is 1. The summed E-state index contributed by atoms with van der Waals surface area (Å²) in [6.07, 6.45) is 0. The van der Waals surface area contributed by atoms with E-state index in [0.717, 1.165) is 5.56 Å². The molecular weight excluding hydrogens is 410 g/mol. The van der Waals surface area contributed by atoms with Crippen LogP contribution in [0, 0.1) is 6.92 Å². The Morgan fingerprint density at radius 2 is 1.12 bits per heavy atom. The summed E-state index contributed by atoms with van der Waals surface area (Å²) in [5, 5.41) is 15.1. The molecular formula is C29H25NO3. The van der Waals surface area contributed by atoms with E-state index >= 15 is 0 Å². The van der Waals surface area contributed by atoms with Gasteiger partial charge in [-0.1, -0.05) is 109 Å². The Balaban J connectivity index is 1.86. The molecule has 0 unspecified atom stereocenters. The number of aryl methyl sites for hydroxylation is 1. The SMILES string of the molecule is Cc1ccc(C(=O)N[C@@H](C(=O)c2ccccc2)C(O)(c2ccccc2)c2ccccc2)cc1. The number of hydrogen-bond donors (Lipinski definition) is 2. The molecule has 0 aromatic heterocycles. The van der Waals surface area contributed by atoms with Gasteiger partial charge in [0.1, 0.15) is 11.6 Å².